The molecule has 0 atom stereocenters. The van der Waals surface area contributed by atoms with Crippen LogP contribution in [0.25, 0.3) is 0 Å². The number of rotatable bonds is 2. The zero-order chi connectivity index (χ0) is 15.2. The molecule has 20 heavy (non-hydrogen) atoms. The largest absolute Gasteiger partial charge is 0.481 e. The fourth-order valence-corrected chi connectivity index (χ4v) is 3.13. The van der Waals surface area contributed by atoms with E-state index in [1.165, 1.54) is 4.90 Å². The van der Waals surface area contributed by atoms with Gasteiger partial charge < -0.3 is 19.8 Å². The van der Waals surface area contributed by atoms with Crippen LogP contribution in [0.1, 0.15) is 46.5 Å². The van der Waals surface area contributed by atoms with Crippen LogP contribution in [0, 0.1) is 5.41 Å². The number of aliphatic hydroxyl groups is 1. The van der Waals surface area contributed by atoms with Crippen LogP contribution in [0.5, 0.6) is 0 Å². The van der Waals surface area contributed by atoms with Gasteiger partial charge in [0.2, 0.25) is 0 Å². The van der Waals surface area contributed by atoms with Gasteiger partial charge in [0, 0.05) is 13.1 Å². The summed E-state index contributed by atoms with van der Waals surface area (Å²) in [5, 5.41) is 20.1. The van der Waals surface area contributed by atoms with Crippen molar-refractivity contribution >= 4 is 12.1 Å². The van der Waals surface area contributed by atoms with E-state index in [0.717, 1.165) is 12.8 Å². The van der Waals surface area contributed by atoms with Gasteiger partial charge in [0.05, 0.1) is 5.60 Å². The Kier molecular flexibility index (Phi) is 3.48. The molecule has 1 saturated heterocycles. The molecule has 1 saturated carbocycles. The summed E-state index contributed by atoms with van der Waals surface area (Å²) < 4.78 is 5.22. The molecule has 6 nitrogen and oxygen atoms in total. The standard InChI is InChI=1S/C14H23NO5/c1-12(2,3)20-11(18)15-8-13(9-15,10(16)17)14(19)6-4-5-7-14/h19H,4-9H2,1-3H3,(H,16,17). The summed E-state index contributed by atoms with van der Waals surface area (Å²) >= 11 is 0. The highest BCUT2D eigenvalue weighted by atomic mass is 16.6. The SMILES string of the molecule is CC(C)(C)OC(=O)N1CC(C(=O)O)(C2(O)CCCC2)C1. The molecule has 1 aliphatic carbocycles. The van der Waals surface area contributed by atoms with E-state index in [-0.39, 0.29) is 13.1 Å². The maximum Gasteiger partial charge on any atom is 0.410 e. The molecular formula is C14H23NO5. The number of aliphatic carboxylic acids is 1. The Morgan fingerprint density at radius 2 is 1.65 bits per heavy atom. The highest BCUT2D eigenvalue weighted by molar-refractivity contribution is 5.82. The van der Waals surface area contributed by atoms with Gasteiger partial charge in [-0.05, 0) is 33.6 Å². The third-order valence-electron chi connectivity index (χ3n) is 4.30. The first-order valence-corrected chi connectivity index (χ1v) is 7.03. The van der Waals surface area contributed by atoms with E-state index in [1.807, 2.05) is 0 Å². The average Bonchev–Trinajstić information content (AvgIpc) is 2.60. The van der Waals surface area contributed by atoms with Crippen LogP contribution < -0.4 is 0 Å². The Morgan fingerprint density at radius 3 is 2.05 bits per heavy atom. The van der Waals surface area contributed by atoms with Gasteiger partial charge in [-0.25, -0.2) is 4.79 Å². The Bertz CT molecular complexity index is 414. The van der Waals surface area contributed by atoms with Crippen molar-refractivity contribution in [2.45, 2.75) is 57.7 Å². The van der Waals surface area contributed by atoms with Crippen molar-refractivity contribution in [3.05, 3.63) is 0 Å². The molecule has 0 unspecified atom stereocenters. The Labute approximate surface area is 118 Å². The number of carbonyl (C=O) groups excluding carboxylic acids is 1. The van der Waals surface area contributed by atoms with Gasteiger partial charge in [0.15, 0.2) is 0 Å². The summed E-state index contributed by atoms with van der Waals surface area (Å²) in [7, 11) is 0. The fourth-order valence-electron chi connectivity index (χ4n) is 3.13. The number of amides is 1. The first kappa shape index (κ1) is 15.1. The van der Waals surface area contributed by atoms with E-state index in [2.05, 4.69) is 0 Å². The summed E-state index contributed by atoms with van der Waals surface area (Å²) in [5.74, 6) is -1.03. The van der Waals surface area contributed by atoms with Crippen molar-refractivity contribution in [3.63, 3.8) is 0 Å². The van der Waals surface area contributed by atoms with E-state index in [1.54, 1.807) is 20.8 Å². The first-order chi connectivity index (χ1) is 9.10. The fraction of sp³-hybridized carbons (Fsp3) is 0.857. The predicted molar refractivity (Wildman–Crippen MR) is 71.3 cm³/mol. The number of hydrogen-bond acceptors (Lipinski definition) is 4. The molecular weight excluding hydrogens is 262 g/mol. The molecule has 1 heterocycles. The number of ether oxygens (including phenoxy) is 1. The van der Waals surface area contributed by atoms with Crippen LogP contribution in [0.2, 0.25) is 0 Å². The summed E-state index contributed by atoms with van der Waals surface area (Å²) in [6.45, 7) is 5.33. The van der Waals surface area contributed by atoms with E-state index < -0.39 is 28.7 Å². The van der Waals surface area contributed by atoms with E-state index in [9.17, 15) is 19.8 Å². The van der Waals surface area contributed by atoms with Crippen molar-refractivity contribution in [1.82, 2.24) is 4.90 Å². The van der Waals surface area contributed by atoms with Crippen molar-refractivity contribution in [2.24, 2.45) is 5.41 Å². The van der Waals surface area contributed by atoms with Gasteiger partial charge >= 0.3 is 12.1 Å². The average molecular weight is 285 g/mol. The van der Waals surface area contributed by atoms with Crippen molar-refractivity contribution in [2.75, 3.05) is 13.1 Å². The minimum atomic E-state index is -1.24. The third kappa shape index (κ3) is 2.37. The molecule has 0 radical (unpaired) electrons. The molecule has 6 heteroatoms. The number of carbonyl (C=O) groups is 2. The van der Waals surface area contributed by atoms with Gasteiger partial charge in [-0.3, -0.25) is 4.79 Å². The van der Waals surface area contributed by atoms with Crippen LogP contribution in [0.3, 0.4) is 0 Å². The Morgan fingerprint density at radius 1 is 1.15 bits per heavy atom. The molecule has 0 aromatic carbocycles. The molecule has 1 amide bonds. The zero-order valence-corrected chi connectivity index (χ0v) is 12.3. The van der Waals surface area contributed by atoms with Crippen LogP contribution in [0.15, 0.2) is 0 Å². The molecule has 114 valence electrons. The summed E-state index contributed by atoms with van der Waals surface area (Å²) in [6, 6.07) is 0. The smallest absolute Gasteiger partial charge is 0.410 e. The van der Waals surface area contributed by atoms with Crippen LogP contribution in [-0.2, 0) is 9.53 Å². The highest BCUT2D eigenvalue weighted by Gasteiger charge is 2.64. The summed E-state index contributed by atoms with van der Waals surface area (Å²) in [5.41, 5.74) is -3.04. The maximum atomic E-state index is 11.9. The van der Waals surface area contributed by atoms with E-state index in [0.29, 0.717) is 12.8 Å². The van der Waals surface area contributed by atoms with Crippen LogP contribution >= 0.6 is 0 Å². The van der Waals surface area contributed by atoms with Gasteiger partial charge in [-0.15, -0.1) is 0 Å². The second-order valence-electron chi connectivity index (χ2n) is 6.96. The monoisotopic (exact) mass is 285 g/mol. The molecule has 0 aromatic heterocycles. The number of likely N-dealkylation sites (tertiary alicyclic amines) is 1. The van der Waals surface area contributed by atoms with Crippen molar-refractivity contribution < 1.29 is 24.5 Å². The third-order valence-corrected chi connectivity index (χ3v) is 4.30. The predicted octanol–water partition coefficient (Wildman–Crippen LogP) is 1.61. The number of nitrogens with zero attached hydrogens (tertiary/aromatic N) is 1. The lowest BCUT2D eigenvalue weighted by atomic mass is 9.65. The number of carboxylic acid groups (broad SMARTS) is 1. The minimum absolute atomic E-state index is 0.0216. The second-order valence-corrected chi connectivity index (χ2v) is 6.96. The molecule has 2 rings (SSSR count). The molecule has 2 N–H and O–H groups in total. The zero-order valence-electron chi connectivity index (χ0n) is 12.3. The number of carboxylic acids is 1. The van der Waals surface area contributed by atoms with Gasteiger partial charge in [-0.2, -0.15) is 0 Å². The highest BCUT2D eigenvalue weighted by Crippen LogP contribution is 2.49. The van der Waals surface area contributed by atoms with Gasteiger partial charge in [0.1, 0.15) is 11.0 Å². The Balaban J connectivity index is 2.07. The van der Waals surface area contributed by atoms with Crippen LogP contribution in [0.4, 0.5) is 4.79 Å². The van der Waals surface area contributed by atoms with Crippen LogP contribution in [-0.4, -0.2) is 51.5 Å². The summed E-state index contributed by atoms with van der Waals surface area (Å²) in [6.07, 6.45) is 2.12. The molecule has 0 bridgehead atoms. The van der Waals surface area contributed by atoms with Crippen molar-refractivity contribution in [3.8, 4) is 0 Å². The normalized spacial score (nSPS) is 24.1. The lowest BCUT2D eigenvalue weighted by Crippen LogP contribution is -2.71. The quantitative estimate of drug-likeness (QED) is 0.805. The maximum absolute atomic E-state index is 11.9. The van der Waals surface area contributed by atoms with Gasteiger partial charge in [0.25, 0.3) is 0 Å². The molecule has 2 fully saturated rings. The van der Waals surface area contributed by atoms with Crippen molar-refractivity contribution in [1.29, 1.82) is 0 Å². The number of hydrogen-bond donors (Lipinski definition) is 2. The molecule has 0 spiro atoms. The molecule has 0 aromatic rings. The lowest BCUT2D eigenvalue weighted by molar-refractivity contribution is -0.193. The van der Waals surface area contributed by atoms with Gasteiger partial charge in [-0.1, -0.05) is 12.8 Å². The first-order valence-electron chi connectivity index (χ1n) is 7.03. The second kappa shape index (κ2) is 4.62. The molecule has 1 aliphatic heterocycles. The summed E-state index contributed by atoms with van der Waals surface area (Å²) in [4.78, 5) is 24.9. The minimum Gasteiger partial charge on any atom is -0.481 e. The Hall–Kier alpha value is -1.30. The van der Waals surface area contributed by atoms with E-state index in [4.69, 9.17) is 4.74 Å². The lowest BCUT2D eigenvalue weighted by Gasteiger charge is -2.53. The molecule has 2 aliphatic rings. The topological polar surface area (TPSA) is 87.1 Å². The van der Waals surface area contributed by atoms with E-state index >= 15 is 0 Å².